The number of fused-ring (bicyclic) bond motifs is 1. The number of hydrogen-bond acceptors (Lipinski definition) is 5. The number of nitriles is 1. The molecule has 0 spiro atoms. The summed E-state index contributed by atoms with van der Waals surface area (Å²) in [6, 6.07) is 17.3. The van der Waals surface area contributed by atoms with Crippen molar-refractivity contribution >= 4 is 12.0 Å². The van der Waals surface area contributed by atoms with Crippen LogP contribution in [0.4, 0.5) is 0 Å². The van der Waals surface area contributed by atoms with Gasteiger partial charge < -0.3 is 14.8 Å². The quantitative estimate of drug-likeness (QED) is 0.490. The van der Waals surface area contributed by atoms with Gasteiger partial charge in [-0.25, -0.2) is 4.68 Å². The monoisotopic (exact) mass is 414 g/mol. The minimum atomic E-state index is -0.398. The zero-order valence-corrected chi connectivity index (χ0v) is 17.2. The van der Waals surface area contributed by atoms with Crippen molar-refractivity contribution in [3.8, 4) is 34.5 Å². The molecule has 1 N–H and O–H groups in total. The third-order valence-electron chi connectivity index (χ3n) is 4.78. The maximum absolute atomic E-state index is 12.4. The smallest absolute Gasteiger partial charge is 0.261 e. The highest BCUT2D eigenvalue weighted by atomic mass is 16.6. The van der Waals surface area contributed by atoms with Crippen molar-refractivity contribution in [2.45, 2.75) is 13.3 Å². The topological polar surface area (TPSA) is 89.2 Å². The molecule has 4 rings (SSSR count). The van der Waals surface area contributed by atoms with Gasteiger partial charge in [-0.3, -0.25) is 4.79 Å². The van der Waals surface area contributed by atoms with Gasteiger partial charge in [0, 0.05) is 23.9 Å². The number of ether oxygens (including phenoxy) is 2. The van der Waals surface area contributed by atoms with E-state index in [0.29, 0.717) is 42.5 Å². The normalized spacial score (nSPS) is 12.8. The first-order valence-corrected chi connectivity index (χ1v) is 10.1. The summed E-state index contributed by atoms with van der Waals surface area (Å²) in [5, 5.41) is 17.0. The summed E-state index contributed by atoms with van der Waals surface area (Å²) in [5.41, 5.74) is 2.99. The summed E-state index contributed by atoms with van der Waals surface area (Å²) >= 11 is 0. The van der Waals surface area contributed by atoms with Gasteiger partial charge in [0.25, 0.3) is 5.91 Å². The molecule has 2 aromatic carbocycles. The largest absolute Gasteiger partial charge is 0.486 e. The number of aromatic nitrogens is 2. The predicted octanol–water partition coefficient (Wildman–Crippen LogP) is 3.74. The molecule has 0 saturated carbocycles. The van der Waals surface area contributed by atoms with Crippen molar-refractivity contribution in [3.05, 3.63) is 65.9 Å². The Bertz CT molecular complexity index is 1160. The van der Waals surface area contributed by atoms with Crippen LogP contribution in [-0.2, 0) is 4.79 Å². The Hall–Kier alpha value is -4.05. The molecule has 0 aliphatic carbocycles. The minimum Gasteiger partial charge on any atom is -0.486 e. The van der Waals surface area contributed by atoms with Crippen LogP contribution in [0.1, 0.15) is 18.9 Å². The summed E-state index contributed by atoms with van der Waals surface area (Å²) in [4.78, 5) is 12.4. The number of para-hydroxylation sites is 1. The van der Waals surface area contributed by atoms with Gasteiger partial charge in [0.15, 0.2) is 11.5 Å². The summed E-state index contributed by atoms with van der Waals surface area (Å²) in [5.74, 6) is 0.935. The van der Waals surface area contributed by atoms with Crippen molar-refractivity contribution in [1.82, 2.24) is 15.1 Å². The molecule has 0 unspecified atom stereocenters. The van der Waals surface area contributed by atoms with E-state index in [1.165, 1.54) is 0 Å². The lowest BCUT2D eigenvalue weighted by molar-refractivity contribution is -0.117. The molecule has 0 fully saturated rings. The maximum Gasteiger partial charge on any atom is 0.261 e. The fourth-order valence-corrected chi connectivity index (χ4v) is 3.26. The van der Waals surface area contributed by atoms with E-state index in [1.54, 1.807) is 10.8 Å². The summed E-state index contributed by atoms with van der Waals surface area (Å²) in [6.45, 7) is 3.47. The first-order valence-electron chi connectivity index (χ1n) is 10.1. The van der Waals surface area contributed by atoms with Crippen molar-refractivity contribution in [1.29, 1.82) is 5.26 Å². The molecule has 7 heteroatoms. The van der Waals surface area contributed by atoms with Crippen LogP contribution in [0.3, 0.4) is 0 Å². The molecule has 0 bridgehead atoms. The summed E-state index contributed by atoms with van der Waals surface area (Å²) in [6.07, 6.45) is 4.17. The molecule has 0 atom stereocenters. The van der Waals surface area contributed by atoms with Crippen LogP contribution in [0.5, 0.6) is 11.5 Å². The highest BCUT2D eigenvalue weighted by molar-refractivity contribution is 6.02. The third-order valence-corrected chi connectivity index (χ3v) is 4.78. The van der Waals surface area contributed by atoms with Gasteiger partial charge in [0.05, 0.1) is 5.69 Å². The van der Waals surface area contributed by atoms with Crippen LogP contribution >= 0.6 is 0 Å². The second-order valence-electron chi connectivity index (χ2n) is 7.00. The molecule has 156 valence electrons. The lowest BCUT2D eigenvalue weighted by Gasteiger charge is -2.18. The lowest BCUT2D eigenvalue weighted by Crippen LogP contribution is -2.25. The first kappa shape index (κ1) is 20.2. The zero-order chi connectivity index (χ0) is 21.6. The van der Waals surface area contributed by atoms with E-state index in [1.807, 2.05) is 67.7 Å². The molecular formula is C24H22N4O3. The van der Waals surface area contributed by atoms with Crippen LogP contribution < -0.4 is 14.8 Å². The molecule has 7 nitrogen and oxygen atoms in total. The number of nitrogens with one attached hydrogen (secondary N) is 1. The molecule has 1 aromatic heterocycles. The Balaban J connectivity index is 1.80. The molecule has 1 amide bonds. The fourth-order valence-electron chi connectivity index (χ4n) is 3.26. The number of rotatable bonds is 6. The van der Waals surface area contributed by atoms with E-state index in [9.17, 15) is 10.1 Å². The molecule has 3 aromatic rings. The Labute approximate surface area is 180 Å². The molecule has 0 radical (unpaired) electrons. The van der Waals surface area contributed by atoms with Crippen LogP contribution in [0.2, 0.25) is 0 Å². The van der Waals surface area contributed by atoms with Gasteiger partial charge in [-0.05, 0) is 42.8 Å². The molecule has 2 heterocycles. The highest BCUT2D eigenvalue weighted by Crippen LogP contribution is 2.35. The van der Waals surface area contributed by atoms with Crippen molar-refractivity contribution in [3.63, 3.8) is 0 Å². The third kappa shape index (κ3) is 4.43. The van der Waals surface area contributed by atoms with E-state index in [-0.39, 0.29) is 5.57 Å². The Kier molecular flexibility index (Phi) is 5.99. The van der Waals surface area contributed by atoms with Crippen LogP contribution in [0.15, 0.2) is 60.3 Å². The van der Waals surface area contributed by atoms with E-state index in [2.05, 4.69) is 5.32 Å². The van der Waals surface area contributed by atoms with Gasteiger partial charge in [0.1, 0.15) is 30.6 Å². The zero-order valence-electron chi connectivity index (χ0n) is 17.2. The van der Waals surface area contributed by atoms with E-state index in [0.717, 1.165) is 17.7 Å². The van der Waals surface area contributed by atoms with Gasteiger partial charge in [-0.15, -0.1) is 0 Å². The number of amides is 1. The molecule has 0 saturated heterocycles. The number of carbonyl (C=O) groups excluding carboxylic acids is 1. The molecule has 1 aliphatic heterocycles. The van der Waals surface area contributed by atoms with Crippen LogP contribution in [-0.4, -0.2) is 35.4 Å². The van der Waals surface area contributed by atoms with Crippen molar-refractivity contribution in [2.75, 3.05) is 19.8 Å². The maximum atomic E-state index is 12.4. The molecule has 1 aliphatic rings. The van der Waals surface area contributed by atoms with Crippen LogP contribution in [0.25, 0.3) is 23.0 Å². The van der Waals surface area contributed by atoms with E-state index in [4.69, 9.17) is 14.6 Å². The predicted molar refractivity (Wildman–Crippen MR) is 117 cm³/mol. The number of hydrogen-bond donors (Lipinski definition) is 1. The number of carbonyl (C=O) groups is 1. The second kappa shape index (κ2) is 9.18. The number of nitrogens with zero attached hydrogens (tertiary/aromatic N) is 3. The average Bonchev–Trinajstić information content (AvgIpc) is 3.25. The minimum absolute atomic E-state index is 0.0276. The second-order valence-corrected chi connectivity index (χ2v) is 7.00. The molecule has 31 heavy (non-hydrogen) atoms. The van der Waals surface area contributed by atoms with Gasteiger partial charge in [-0.1, -0.05) is 25.1 Å². The van der Waals surface area contributed by atoms with Crippen molar-refractivity contribution in [2.24, 2.45) is 0 Å². The van der Waals surface area contributed by atoms with Gasteiger partial charge in [0.2, 0.25) is 0 Å². The Morgan fingerprint density at radius 3 is 2.71 bits per heavy atom. The van der Waals surface area contributed by atoms with Gasteiger partial charge in [-0.2, -0.15) is 10.4 Å². The summed E-state index contributed by atoms with van der Waals surface area (Å²) < 4.78 is 13.1. The van der Waals surface area contributed by atoms with Gasteiger partial charge >= 0.3 is 0 Å². The fraction of sp³-hybridized carbons (Fsp3) is 0.208. The van der Waals surface area contributed by atoms with Crippen molar-refractivity contribution < 1.29 is 14.3 Å². The lowest BCUT2D eigenvalue weighted by atomic mass is 10.0. The standard InChI is InChI=1S/C24H22N4O3/c1-2-10-26-24(29)18(15-25)13-19-16-28(20-6-4-3-5-7-20)27-23(19)17-8-9-21-22(14-17)31-12-11-30-21/h3-9,13-14,16H,2,10-12H2,1H3,(H,26,29)/b18-13+. The van der Waals surface area contributed by atoms with Crippen LogP contribution in [0, 0.1) is 11.3 Å². The first-order chi connectivity index (χ1) is 15.2. The Morgan fingerprint density at radius 2 is 1.97 bits per heavy atom. The SMILES string of the molecule is CCCNC(=O)/C(C#N)=C/c1cn(-c2ccccc2)nc1-c1ccc2c(c1)OCCO2. The van der Waals surface area contributed by atoms with E-state index < -0.39 is 5.91 Å². The Morgan fingerprint density at radius 1 is 1.19 bits per heavy atom. The summed E-state index contributed by atoms with van der Waals surface area (Å²) in [7, 11) is 0. The highest BCUT2D eigenvalue weighted by Gasteiger charge is 2.18. The molecular weight excluding hydrogens is 392 g/mol. The number of benzene rings is 2. The van der Waals surface area contributed by atoms with E-state index >= 15 is 0 Å². The average molecular weight is 414 g/mol.